The molecule has 36 heavy (non-hydrogen) atoms. The summed E-state index contributed by atoms with van der Waals surface area (Å²) >= 11 is 0. The number of carboxylic acid groups (broad SMARTS) is 1. The molecule has 1 saturated heterocycles. The van der Waals surface area contributed by atoms with Crippen molar-refractivity contribution in [1.29, 1.82) is 0 Å². The number of carbonyl (C=O) groups is 1. The number of hydrogen-bond acceptors (Lipinski definition) is 2. The van der Waals surface area contributed by atoms with E-state index in [1.165, 1.54) is 53.5 Å². The van der Waals surface area contributed by atoms with Crippen molar-refractivity contribution in [3.8, 4) is 0 Å². The molecule has 0 unspecified atom stereocenters. The van der Waals surface area contributed by atoms with Gasteiger partial charge in [-0.1, -0.05) is 55.7 Å². The molecule has 0 radical (unpaired) electrons. The van der Waals surface area contributed by atoms with Gasteiger partial charge < -0.3 is 10.0 Å². The maximum atomic E-state index is 12.4. The zero-order valence-electron chi connectivity index (χ0n) is 21.6. The summed E-state index contributed by atoms with van der Waals surface area (Å²) in [5.41, 5.74) is 8.41. The molecule has 1 N–H and O–H groups in total. The Morgan fingerprint density at radius 2 is 1.86 bits per heavy atom. The molecule has 2 fully saturated rings. The molecule has 0 bridgehead atoms. The van der Waals surface area contributed by atoms with Crippen LogP contribution in [0, 0.1) is 17.8 Å². The molecular formula is C32H40FNO2. The lowest BCUT2D eigenvalue weighted by atomic mass is 9.74. The van der Waals surface area contributed by atoms with Gasteiger partial charge in [-0.25, -0.2) is 4.79 Å². The average molecular weight is 490 g/mol. The molecule has 2 atom stereocenters. The first-order valence-electron chi connectivity index (χ1n) is 14.0. The van der Waals surface area contributed by atoms with Gasteiger partial charge in [0.2, 0.25) is 0 Å². The van der Waals surface area contributed by atoms with Crippen molar-refractivity contribution in [3.63, 3.8) is 0 Å². The minimum absolute atomic E-state index is 0.221. The first-order valence-corrected chi connectivity index (χ1v) is 14.0. The van der Waals surface area contributed by atoms with E-state index in [0.29, 0.717) is 23.8 Å². The van der Waals surface area contributed by atoms with E-state index in [2.05, 4.69) is 42.2 Å². The highest BCUT2D eigenvalue weighted by molar-refractivity contribution is 5.90. The normalized spacial score (nSPS) is 23.2. The molecule has 3 nitrogen and oxygen atoms in total. The van der Waals surface area contributed by atoms with Crippen molar-refractivity contribution in [2.75, 3.05) is 26.3 Å². The van der Waals surface area contributed by atoms with Gasteiger partial charge in [-0.3, -0.25) is 4.39 Å². The van der Waals surface area contributed by atoms with Crippen LogP contribution in [-0.2, 0) is 12.8 Å². The fourth-order valence-electron chi connectivity index (χ4n) is 6.86. The van der Waals surface area contributed by atoms with E-state index in [4.69, 9.17) is 0 Å². The lowest BCUT2D eigenvalue weighted by Gasteiger charge is -2.39. The molecule has 5 rings (SSSR count). The van der Waals surface area contributed by atoms with Crippen LogP contribution in [-0.4, -0.2) is 42.3 Å². The molecule has 2 aromatic rings. The lowest BCUT2D eigenvalue weighted by Crippen LogP contribution is -2.47. The highest BCUT2D eigenvalue weighted by atomic mass is 19.1. The Bertz CT molecular complexity index is 1100. The Balaban J connectivity index is 1.44. The van der Waals surface area contributed by atoms with Crippen LogP contribution < -0.4 is 0 Å². The Morgan fingerprint density at radius 1 is 1.06 bits per heavy atom. The number of allylic oxidation sites excluding steroid dienone is 1. The van der Waals surface area contributed by atoms with Crippen molar-refractivity contribution in [3.05, 3.63) is 75.9 Å². The number of hydrogen-bond donors (Lipinski definition) is 1. The molecule has 1 aliphatic heterocycles. The van der Waals surface area contributed by atoms with Crippen LogP contribution in [0.1, 0.15) is 84.5 Å². The van der Waals surface area contributed by atoms with Crippen molar-refractivity contribution in [2.24, 2.45) is 17.8 Å². The third-order valence-electron chi connectivity index (χ3n) is 8.67. The number of aryl methyl sites for hydroxylation is 1. The number of fused-ring (bicyclic) bond motifs is 1. The summed E-state index contributed by atoms with van der Waals surface area (Å²) < 4.78 is 12.4. The van der Waals surface area contributed by atoms with E-state index in [9.17, 15) is 14.3 Å². The van der Waals surface area contributed by atoms with Gasteiger partial charge in [-0.15, -0.1) is 0 Å². The topological polar surface area (TPSA) is 40.5 Å². The molecule has 2 aromatic carbocycles. The third-order valence-corrected chi connectivity index (χ3v) is 8.67. The van der Waals surface area contributed by atoms with Gasteiger partial charge in [0, 0.05) is 19.6 Å². The molecular weight excluding hydrogens is 449 g/mol. The van der Waals surface area contributed by atoms with Crippen molar-refractivity contribution in [2.45, 2.75) is 64.7 Å². The van der Waals surface area contributed by atoms with E-state index < -0.39 is 5.97 Å². The number of nitrogens with zero attached hydrogens (tertiary/aromatic N) is 1. The summed E-state index contributed by atoms with van der Waals surface area (Å²) in [5.74, 6) is 1.21. The highest BCUT2D eigenvalue weighted by Gasteiger charge is 2.29. The first kappa shape index (κ1) is 25.2. The van der Waals surface area contributed by atoms with Crippen LogP contribution in [0.2, 0.25) is 0 Å². The molecule has 4 heteroatoms. The van der Waals surface area contributed by atoms with Crippen LogP contribution in [0.25, 0.3) is 5.57 Å². The lowest BCUT2D eigenvalue weighted by molar-refractivity contribution is 0.0696. The molecule has 1 heterocycles. The Hall–Kier alpha value is -2.46. The van der Waals surface area contributed by atoms with Gasteiger partial charge in [0.15, 0.2) is 0 Å². The predicted octanol–water partition coefficient (Wildman–Crippen LogP) is 7.18. The number of likely N-dealkylation sites (tertiary alicyclic amines) is 1. The summed E-state index contributed by atoms with van der Waals surface area (Å²) in [6, 6.07) is 15.0. The van der Waals surface area contributed by atoms with Crippen LogP contribution in [0.3, 0.4) is 0 Å². The van der Waals surface area contributed by atoms with Gasteiger partial charge in [-0.2, -0.15) is 0 Å². The summed E-state index contributed by atoms with van der Waals surface area (Å²) in [5, 5.41) is 9.58. The Kier molecular flexibility index (Phi) is 7.90. The Morgan fingerprint density at radius 3 is 2.58 bits per heavy atom. The zero-order chi connectivity index (χ0) is 25.1. The number of aromatic carboxylic acids is 1. The third kappa shape index (κ3) is 5.59. The van der Waals surface area contributed by atoms with Gasteiger partial charge in [0.25, 0.3) is 0 Å². The average Bonchev–Trinajstić information content (AvgIpc) is 3.05. The predicted molar refractivity (Wildman–Crippen MR) is 144 cm³/mol. The fraction of sp³-hybridized carbons (Fsp3) is 0.531. The smallest absolute Gasteiger partial charge is 0.335 e. The second-order valence-electron chi connectivity index (χ2n) is 11.5. The summed E-state index contributed by atoms with van der Waals surface area (Å²) in [6.07, 6.45) is 10.0. The first-order chi connectivity index (χ1) is 17.5. The molecule has 0 aromatic heterocycles. The van der Waals surface area contributed by atoms with Crippen molar-refractivity contribution in [1.82, 2.24) is 4.90 Å². The van der Waals surface area contributed by atoms with Crippen LogP contribution in [0.15, 0.2) is 48.0 Å². The number of alkyl halides is 1. The summed E-state index contributed by atoms with van der Waals surface area (Å²) in [4.78, 5) is 14.0. The van der Waals surface area contributed by atoms with E-state index in [1.807, 2.05) is 6.07 Å². The van der Waals surface area contributed by atoms with Gasteiger partial charge in [-0.05, 0) is 103 Å². The SMILES string of the molecule is C[C@@H]1CCC[C@H](C2=C(c3ccc(CC4CN(CCCF)C4)cc3)c3ccc(C(=O)O)cc3CCC2)C1. The quantitative estimate of drug-likeness (QED) is 0.427. The summed E-state index contributed by atoms with van der Waals surface area (Å²) in [7, 11) is 0. The van der Waals surface area contributed by atoms with Gasteiger partial charge in [0.05, 0.1) is 12.2 Å². The van der Waals surface area contributed by atoms with Crippen LogP contribution in [0.4, 0.5) is 4.39 Å². The second-order valence-corrected chi connectivity index (χ2v) is 11.5. The van der Waals surface area contributed by atoms with Gasteiger partial charge >= 0.3 is 5.97 Å². The molecule has 3 aliphatic rings. The number of benzene rings is 2. The van der Waals surface area contributed by atoms with E-state index in [-0.39, 0.29) is 6.67 Å². The molecule has 1 saturated carbocycles. The van der Waals surface area contributed by atoms with Crippen molar-refractivity contribution < 1.29 is 14.3 Å². The van der Waals surface area contributed by atoms with E-state index >= 15 is 0 Å². The fourth-order valence-corrected chi connectivity index (χ4v) is 6.86. The number of rotatable bonds is 8. The molecule has 2 aliphatic carbocycles. The van der Waals surface area contributed by atoms with Crippen molar-refractivity contribution >= 4 is 11.5 Å². The summed E-state index contributed by atoms with van der Waals surface area (Å²) in [6.45, 7) is 5.21. The van der Waals surface area contributed by atoms with Crippen LogP contribution >= 0.6 is 0 Å². The largest absolute Gasteiger partial charge is 0.478 e. The maximum Gasteiger partial charge on any atom is 0.335 e. The number of halogens is 1. The maximum absolute atomic E-state index is 12.4. The highest BCUT2D eigenvalue weighted by Crippen LogP contribution is 2.44. The standard InChI is InChI=1S/C32H40FNO2/c1-22-5-2-6-26(17-22)29-8-3-7-27-19-28(32(35)36)13-14-30(27)31(29)25-11-9-23(10-12-25)18-24-20-34(21-24)16-4-15-33/h9-14,19,22,24,26H,2-8,15-18,20-21H2,1H3,(H,35,36)/t22-,26+/m1/s1. The van der Waals surface area contributed by atoms with E-state index in [0.717, 1.165) is 51.2 Å². The number of carboxylic acids is 1. The minimum atomic E-state index is -0.850. The van der Waals surface area contributed by atoms with E-state index in [1.54, 1.807) is 11.6 Å². The zero-order valence-corrected chi connectivity index (χ0v) is 21.6. The minimum Gasteiger partial charge on any atom is -0.478 e. The molecule has 0 amide bonds. The molecule has 0 spiro atoms. The van der Waals surface area contributed by atoms with Crippen LogP contribution in [0.5, 0.6) is 0 Å². The molecule has 192 valence electrons. The van der Waals surface area contributed by atoms with Gasteiger partial charge in [0.1, 0.15) is 0 Å². The second kappa shape index (κ2) is 11.3. The Labute approximate surface area is 215 Å². The monoisotopic (exact) mass is 489 g/mol.